The van der Waals surface area contributed by atoms with Gasteiger partial charge in [-0.25, -0.2) is 4.52 Å². The van der Waals surface area contributed by atoms with Crippen molar-refractivity contribution in [3.8, 4) is 11.3 Å². The van der Waals surface area contributed by atoms with Gasteiger partial charge in [0.25, 0.3) is 0 Å². The first-order valence-electron chi connectivity index (χ1n) is 8.98. The molecule has 4 rings (SSSR count). The number of ketones is 1. The zero-order valence-corrected chi connectivity index (χ0v) is 14.6. The molecule has 5 heteroatoms. The van der Waals surface area contributed by atoms with E-state index in [4.69, 9.17) is 5.10 Å². The molecular weight excluding hydrogens is 324 g/mol. The van der Waals surface area contributed by atoms with Gasteiger partial charge in [-0.05, 0) is 24.3 Å². The van der Waals surface area contributed by atoms with Crippen LogP contribution in [0, 0.1) is 0 Å². The van der Waals surface area contributed by atoms with Crippen molar-refractivity contribution in [2.75, 3.05) is 32.7 Å². The van der Waals surface area contributed by atoms with Gasteiger partial charge >= 0.3 is 0 Å². The molecule has 0 atom stereocenters. The maximum atomic E-state index is 12.4. The quantitative estimate of drug-likeness (QED) is 0.721. The van der Waals surface area contributed by atoms with Crippen LogP contribution in [0.5, 0.6) is 0 Å². The highest BCUT2D eigenvalue weighted by Gasteiger charge is 2.14. The predicted octanol–water partition coefficient (Wildman–Crippen LogP) is 2.49. The Morgan fingerprint density at radius 1 is 1.08 bits per heavy atom. The molecule has 5 nitrogen and oxygen atoms in total. The molecule has 1 fully saturated rings. The van der Waals surface area contributed by atoms with Gasteiger partial charge in [0.15, 0.2) is 5.78 Å². The lowest BCUT2D eigenvalue weighted by molar-refractivity contribution is -0.115. The Labute approximate surface area is 152 Å². The second-order valence-corrected chi connectivity index (χ2v) is 6.48. The molecule has 132 valence electrons. The van der Waals surface area contributed by atoms with E-state index < -0.39 is 0 Å². The van der Waals surface area contributed by atoms with Gasteiger partial charge in [-0.2, -0.15) is 5.10 Å². The van der Waals surface area contributed by atoms with Gasteiger partial charge in [0.2, 0.25) is 0 Å². The maximum Gasteiger partial charge on any atom is 0.169 e. The summed E-state index contributed by atoms with van der Waals surface area (Å²) < 4.78 is 1.86. The van der Waals surface area contributed by atoms with Crippen LogP contribution in [0.2, 0.25) is 0 Å². The Morgan fingerprint density at radius 2 is 1.85 bits per heavy atom. The Bertz CT molecular complexity index is 924. The number of hydrogen-bond donors (Lipinski definition) is 1. The third-order valence-electron chi connectivity index (χ3n) is 4.65. The smallest absolute Gasteiger partial charge is 0.169 e. The molecule has 0 unspecified atom stereocenters. The van der Waals surface area contributed by atoms with Crippen LogP contribution >= 0.6 is 0 Å². The molecule has 26 heavy (non-hydrogen) atoms. The van der Waals surface area contributed by atoms with Crippen LogP contribution in [0.15, 0.2) is 60.8 Å². The molecule has 0 spiro atoms. The van der Waals surface area contributed by atoms with E-state index in [0.29, 0.717) is 6.54 Å². The number of fused-ring (bicyclic) bond motifs is 1. The van der Waals surface area contributed by atoms with Crippen LogP contribution in [0.1, 0.15) is 5.56 Å². The van der Waals surface area contributed by atoms with Crippen molar-refractivity contribution in [1.29, 1.82) is 0 Å². The molecule has 1 saturated heterocycles. The average molecular weight is 346 g/mol. The zero-order chi connectivity index (χ0) is 17.8. The van der Waals surface area contributed by atoms with Crippen LogP contribution in [0.4, 0.5) is 0 Å². The van der Waals surface area contributed by atoms with Crippen molar-refractivity contribution in [3.05, 3.63) is 66.4 Å². The first-order chi connectivity index (χ1) is 12.8. The number of pyridine rings is 1. The van der Waals surface area contributed by atoms with E-state index in [1.807, 2.05) is 65.3 Å². The average Bonchev–Trinajstić information content (AvgIpc) is 3.06. The Balaban J connectivity index is 1.63. The van der Waals surface area contributed by atoms with Crippen molar-refractivity contribution in [1.82, 2.24) is 19.8 Å². The first-order valence-corrected chi connectivity index (χ1v) is 8.98. The van der Waals surface area contributed by atoms with E-state index in [9.17, 15) is 4.79 Å². The summed E-state index contributed by atoms with van der Waals surface area (Å²) in [4.78, 5) is 14.6. The Kier molecular flexibility index (Phi) is 4.91. The summed E-state index contributed by atoms with van der Waals surface area (Å²) in [5, 5.41) is 8.02. The lowest BCUT2D eigenvalue weighted by Crippen LogP contribution is -2.45. The number of nitrogens with zero attached hydrogens (tertiary/aromatic N) is 3. The van der Waals surface area contributed by atoms with E-state index in [0.717, 1.165) is 48.5 Å². The number of rotatable bonds is 5. The lowest BCUT2D eigenvalue weighted by Gasteiger charge is -2.25. The molecule has 0 aliphatic carbocycles. The van der Waals surface area contributed by atoms with Crippen LogP contribution in [0.3, 0.4) is 0 Å². The molecule has 0 bridgehead atoms. The third-order valence-corrected chi connectivity index (χ3v) is 4.65. The normalized spacial score (nSPS) is 15.7. The Morgan fingerprint density at radius 3 is 2.65 bits per heavy atom. The van der Waals surface area contributed by atoms with Crippen LogP contribution < -0.4 is 5.32 Å². The molecule has 3 heterocycles. The van der Waals surface area contributed by atoms with Crippen LogP contribution in [-0.2, 0) is 4.79 Å². The largest absolute Gasteiger partial charge is 0.314 e. The summed E-state index contributed by atoms with van der Waals surface area (Å²) in [6.07, 6.45) is 5.54. The molecular formula is C21H22N4O. The van der Waals surface area contributed by atoms with Gasteiger partial charge in [0.1, 0.15) is 5.69 Å². The highest BCUT2D eigenvalue weighted by Crippen LogP contribution is 2.27. The van der Waals surface area contributed by atoms with E-state index in [2.05, 4.69) is 10.2 Å². The molecule has 3 aromatic rings. The topological polar surface area (TPSA) is 49.6 Å². The van der Waals surface area contributed by atoms with E-state index in [-0.39, 0.29) is 5.78 Å². The fourth-order valence-electron chi connectivity index (χ4n) is 3.31. The van der Waals surface area contributed by atoms with Gasteiger partial charge in [0.05, 0.1) is 12.1 Å². The maximum absolute atomic E-state index is 12.4. The molecule has 0 saturated carbocycles. The van der Waals surface area contributed by atoms with Gasteiger partial charge in [-0.1, -0.05) is 36.4 Å². The number of nitrogens with one attached hydrogen (secondary N) is 1. The van der Waals surface area contributed by atoms with Gasteiger partial charge in [-0.3, -0.25) is 9.69 Å². The minimum Gasteiger partial charge on any atom is -0.314 e. The molecule has 1 aliphatic rings. The minimum atomic E-state index is 0.126. The van der Waals surface area contributed by atoms with Crippen molar-refractivity contribution in [2.45, 2.75) is 0 Å². The van der Waals surface area contributed by atoms with Crippen molar-refractivity contribution in [2.24, 2.45) is 0 Å². The van der Waals surface area contributed by atoms with Crippen LogP contribution in [-0.4, -0.2) is 53.0 Å². The zero-order valence-electron chi connectivity index (χ0n) is 14.6. The lowest BCUT2D eigenvalue weighted by atomic mass is 10.1. The number of carbonyl (C=O) groups excluding carboxylic acids is 1. The summed E-state index contributed by atoms with van der Waals surface area (Å²) in [5.74, 6) is 0.126. The van der Waals surface area contributed by atoms with E-state index >= 15 is 0 Å². The van der Waals surface area contributed by atoms with E-state index in [1.54, 1.807) is 6.08 Å². The van der Waals surface area contributed by atoms with E-state index in [1.165, 1.54) is 0 Å². The standard InChI is InChI=1S/C21H22N4O/c26-18(16-24-14-11-22-12-15-24)9-10-19-20-8-4-5-13-25(20)23-21(19)17-6-2-1-3-7-17/h1-10,13,22H,11-12,14-16H2. The van der Waals surface area contributed by atoms with Crippen molar-refractivity contribution in [3.63, 3.8) is 0 Å². The monoisotopic (exact) mass is 346 g/mol. The molecule has 1 N–H and O–H groups in total. The highest BCUT2D eigenvalue weighted by molar-refractivity contribution is 5.97. The molecule has 2 aromatic heterocycles. The molecule has 0 radical (unpaired) electrons. The van der Waals surface area contributed by atoms with Crippen molar-refractivity contribution >= 4 is 17.4 Å². The minimum absolute atomic E-state index is 0.126. The second-order valence-electron chi connectivity index (χ2n) is 6.48. The van der Waals surface area contributed by atoms with Crippen LogP contribution in [0.25, 0.3) is 22.9 Å². The number of hydrogen-bond acceptors (Lipinski definition) is 4. The summed E-state index contributed by atoms with van der Waals surface area (Å²) in [6.45, 7) is 4.21. The predicted molar refractivity (Wildman–Crippen MR) is 104 cm³/mol. The summed E-state index contributed by atoms with van der Waals surface area (Å²) in [5.41, 5.74) is 3.91. The SMILES string of the molecule is O=C(C=Cc1c(-c2ccccc2)nn2ccccc12)CN1CCNCC1. The summed E-state index contributed by atoms with van der Waals surface area (Å²) >= 11 is 0. The second kappa shape index (κ2) is 7.64. The number of benzene rings is 1. The number of carbonyl (C=O) groups is 1. The fourth-order valence-corrected chi connectivity index (χ4v) is 3.31. The van der Waals surface area contributed by atoms with Gasteiger partial charge < -0.3 is 5.32 Å². The van der Waals surface area contributed by atoms with Gasteiger partial charge in [0, 0.05) is 43.5 Å². The summed E-state index contributed by atoms with van der Waals surface area (Å²) in [7, 11) is 0. The number of piperazine rings is 1. The highest BCUT2D eigenvalue weighted by atomic mass is 16.1. The van der Waals surface area contributed by atoms with Gasteiger partial charge in [-0.15, -0.1) is 0 Å². The molecule has 1 aliphatic heterocycles. The Hall–Kier alpha value is -2.76. The first kappa shape index (κ1) is 16.7. The fraction of sp³-hybridized carbons (Fsp3) is 0.238. The summed E-state index contributed by atoms with van der Waals surface area (Å²) in [6, 6.07) is 16.1. The third kappa shape index (κ3) is 3.59. The van der Waals surface area contributed by atoms with Crippen molar-refractivity contribution < 1.29 is 4.79 Å². The number of aromatic nitrogens is 2. The molecule has 0 amide bonds. The molecule has 1 aromatic carbocycles.